The Bertz CT molecular complexity index is 209. The SMILES string of the molecule is C1=CCC2=C(C=C[N]2)C1. The third kappa shape index (κ3) is 0.689. The molecule has 0 atom stereocenters. The second kappa shape index (κ2) is 1.76. The van der Waals surface area contributed by atoms with Crippen molar-refractivity contribution in [2.45, 2.75) is 12.8 Å². The third-order valence-electron chi connectivity index (χ3n) is 1.69. The van der Waals surface area contributed by atoms with Gasteiger partial charge in [-0.3, -0.25) is 5.32 Å². The zero-order chi connectivity index (χ0) is 6.10. The maximum Gasteiger partial charge on any atom is 0.0476 e. The Balaban J connectivity index is 2.28. The maximum absolute atomic E-state index is 4.21. The van der Waals surface area contributed by atoms with E-state index in [-0.39, 0.29) is 0 Å². The smallest absolute Gasteiger partial charge is 0.0476 e. The van der Waals surface area contributed by atoms with Gasteiger partial charge in [0.2, 0.25) is 0 Å². The predicted molar refractivity (Wildman–Crippen MR) is 36.7 cm³/mol. The molecular weight excluding hydrogens is 110 g/mol. The van der Waals surface area contributed by atoms with Crippen molar-refractivity contribution in [1.29, 1.82) is 0 Å². The first-order valence-corrected chi connectivity index (χ1v) is 3.21. The molecule has 0 aromatic heterocycles. The summed E-state index contributed by atoms with van der Waals surface area (Å²) in [5.74, 6) is 0. The molecule has 0 amide bonds. The molecule has 0 saturated heterocycles. The first kappa shape index (κ1) is 4.86. The van der Waals surface area contributed by atoms with E-state index >= 15 is 0 Å². The quantitative estimate of drug-likeness (QED) is 0.430. The molecule has 1 radical (unpaired) electrons. The molecule has 2 rings (SSSR count). The van der Waals surface area contributed by atoms with Crippen LogP contribution in [0.15, 0.2) is 35.7 Å². The molecule has 0 bridgehead atoms. The van der Waals surface area contributed by atoms with Crippen LogP contribution in [0.1, 0.15) is 12.8 Å². The molecule has 1 nitrogen and oxygen atoms in total. The molecule has 0 N–H and O–H groups in total. The summed E-state index contributed by atoms with van der Waals surface area (Å²) in [5, 5.41) is 4.21. The highest BCUT2D eigenvalue weighted by molar-refractivity contribution is 5.36. The van der Waals surface area contributed by atoms with Crippen molar-refractivity contribution >= 4 is 0 Å². The first-order chi connectivity index (χ1) is 4.47. The van der Waals surface area contributed by atoms with E-state index < -0.39 is 0 Å². The Labute approximate surface area is 54.8 Å². The first-order valence-electron chi connectivity index (χ1n) is 3.21. The van der Waals surface area contributed by atoms with Gasteiger partial charge < -0.3 is 0 Å². The van der Waals surface area contributed by atoms with E-state index in [1.165, 1.54) is 11.3 Å². The summed E-state index contributed by atoms with van der Waals surface area (Å²) >= 11 is 0. The van der Waals surface area contributed by atoms with Crippen LogP contribution in [0.25, 0.3) is 0 Å². The van der Waals surface area contributed by atoms with E-state index in [1.54, 1.807) is 0 Å². The predicted octanol–water partition coefficient (Wildman–Crippen LogP) is 1.72. The lowest BCUT2D eigenvalue weighted by Crippen LogP contribution is -1.95. The molecule has 1 aliphatic carbocycles. The molecule has 0 aromatic rings. The molecule has 1 heteroatoms. The van der Waals surface area contributed by atoms with Gasteiger partial charge in [0.1, 0.15) is 0 Å². The zero-order valence-corrected chi connectivity index (χ0v) is 5.17. The van der Waals surface area contributed by atoms with Crippen LogP contribution in [0.5, 0.6) is 0 Å². The van der Waals surface area contributed by atoms with Crippen LogP contribution in [0, 0.1) is 0 Å². The van der Waals surface area contributed by atoms with E-state index in [0.717, 1.165) is 12.8 Å². The topological polar surface area (TPSA) is 14.1 Å². The summed E-state index contributed by atoms with van der Waals surface area (Å²) in [5.41, 5.74) is 2.66. The minimum atomic E-state index is 1.03. The fourth-order valence-electron chi connectivity index (χ4n) is 1.17. The van der Waals surface area contributed by atoms with E-state index in [4.69, 9.17) is 0 Å². The highest BCUT2D eigenvalue weighted by atomic mass is 14.9. The summed E-state index contributed by atoms with van der Waals surface area (Å²) in [6, 6.07) is 0. The Kier molecular flexibility index (Phi) is 0.950. The molecule has 0 spiro atoms. The molecule has 45 valence electrons. The number of nitrogens with zero attached hydrogens (tertiary/aromatic N) is 1. The lowest BCUT2D eigenvalue weighted by atomic mass is 10.0. The normalized spacial score (nSPS) is 22.2. The van der Waals surface area contributed by atoms with Crippen molar-refractivity contribution in [3.05, 3.63) is 35.7 Å². The number of allylic oxidation sites excluding steroid dienone is 4. The van der Waals surface area contributed by atoms with Gasteiger partial charge in [-0.05, 0) is 18.1 Å². The van der Waals surface area contributed by atoms with Crippen molar-refractivity contribution < 1.29 is 0 Å². The fraction of sp³-hybridized carbons (Fsp3) is 0.250. The van der Waals surface area contributed by atoms with Crippen LogP contribution >= 0.6 is 0 Å². The molecule has 1 aliphatic heterocycles. The van der Waals surface area contributed by atoms with Crippen LogP contribution < -0.4 is 5.32 Å². The van der Waals surface area contributed by atoms with Crippen molar-refractivity contribution in [3.63, 3.8) is 0 Å². The standard InChI is InChI=1S/C8H8N/c1-2-4-8-7(3-1)5-6-9-8/h1-2,5-6H,3-4H2. The van der Waals surface area contributed by atoms with Crippen molar-refractivity contribution in [2.75, 3.05) is 0 Å². The minimum Gasteiger partial charge on any atom is -0.261 e. The maximum atomic E-state index is 4.21. The molecule has 0 unspecified atom stereocenters. The molecular formula is C8H8N. The summed E-state index contributed by atoms with van der Waals surface area (Å²) in [6.45, 7) is 0. The average molecular weight is 118 g/mol. The highest BCUT2D eigenvalue weighted by Gasteiger charge is 2.09. The van der Waals surface area contributed by atoms with Crippen LogP contribution in [-0.4, -0.2) is 0 Å². The van der Waals surface area contributed by atoms with Gasteiger partial charge in [-0.15, -0.1) is 0 Å². The number of hydrogen-bond donors (Lipinski definition) is 0. The molecule has 0 aromatic carbocycles. The average Bonchev–Trinajstić information content (AvgIpc) is 2.33. The molecule has 2 aliphatic rings. The Morgan fingerprint density at radius 3 is 3.00 bits per heavy atom. The van der Waals surface area contributed by atoms with Crippen molar-refractivity contribution in [2.24, 2.45) is 0 Å². The van der Waals surface area contributed by atoms with Gasteiger partial charge in [-0.25, -0.2) is 0 Å². The largest absolute Gasteiger partial charge is 0.261 e. The lowest BCUT2D eigenvalue weighted by Gasteiger charge is -2.04. The molecule has 1 heterocycles. The second-order valence-corrected chi connectivity index (χ2v) is 2.30. The summed E-state index contributed by atoms with van der Waals surface area (Å²) in [6.07, 6.45) is 10.5. The van der Waals surface area contributed by atoms with Crippen LogP contribution in [-0.2, 0) is 0 Å². The Morgan fingerprint density at radius 2 is 2.11 bits per heavy atom. The van der Waals surface area contributed by atoms with E-state index in [2.05, 4.69) is 23.5 Å². The molecule has 0 saturated carbocycles. The summed E-state index contributed by atoms with van der Waals surface area (Å²) in [4.78, 5) is 0. The van der Waals surface area contributed by atoms with Gasteiger partial charge >= 0.3 is 0 Å². The van der Waals surface area contributed by atoms with Gasteiger partial charge in [0.25, 0.3) is 0 Å². The van der Waals surface area contributed by atoms with Gasteiger partial charge in [-0.1, -0.05) is 12.2 Å². The zero-order valence-electron chi connectivity index (χ0n) is 5.17. The Hall–Kier alpha value is -0.980. The summed E-state index contributed by atoms with van der Waals surface area (Å²) in [7, 11) is 0. The van der Waals surface area contributed by atoms with Crippen LogP contribution in [0.4, 0.5) is 0 Å². The van der Waals surface area contributed by atoms with Gasteiger partial charge in [0.15, 0.2) is 0 Å². The minimum absolute atomic E-state index is 1.03. The second-order valence-electron chi connectivity index (χ2n) is 2.30. The van der Waals surface area contributed by atoms with Crippen molar-refractivity contribution in [1.82, 2.24) is 5.32 Å². The van der Waals surface area contributed by atoms with Crippen LogP contribution in [0.2, 0.25) is 0 Å². The van der Waals surface area contributed by atoms with Crippen molar-refractivity contribution in [3.8, 4) is 0 Å². The van der Waals surface area contributed by atoms with Crippen LogP contribution in [0.3, 0.4) is 0 Å². The van der Waals surface area contributed by atoms with Gasteiger partial charge in [-0.2, -0.15) is 0 Å². The van der Waals surface area contributed by atoms with Gasteiger partial charge in [0.05, 0.1) is 0 Å². The highest BCUT2D eigenvalue weighted by Crippen LogP contribution is 2.22. The molecule has 0 fully saturated rings. The monoisotopic (exact) mass is 118 g/mol. The summed E-state index contributed by atoms with van der Waals surface area (Å²) < 4.78 is 0. The van der Waals surface area contributed by atoms with E-state index in [0.29, 0.717) is 0 Å². The van der Waals surface area contributed by atoms with E-state index in [1.807, 2.05) is 6.20 Å². The lowest BCUT2D eigenvalue weighted by molar-refractivity contribution is 0.955. The third-order valence-corrected chi connectivity index (χ3v) is 1.69. The fourth-order valence-corrected chi connectivity index (χ4v) is 1.17. The Morgan fingerprint density at radius 1 is 1.22 bits per heavy atom. The van der Waals surface area contributed by atoms with Gasteiger partial charge in [0, 0.05) is 18.3 Å². The molecule has 9 heavy (non-hydrogen) atoms. The van der Waals surface area contributed by atoms with E-state index in [9.17, 15) is 0 Å². The number of hydrogen-bond acceptors (Lipinski definition) is 0. The number of rotatable bonds is 0.